The molecule has 3 aliphatic rings. The summed E-state index contributed by atoms with van der Waals surface area (Å²) in [7, 11) is 2.12. The molecule has 1 aromatic rings. The van der Waals surface area contributed by atoms with Crippen LogP contribution in [0.5, 0.6) is 11.5 Å². The molecule has 1 N–H and O–H groups in total. The molecule has 0 spiro atoms. The predicted molar refractivity (Wildman–Crippen MR) is 137 cm³/mol. The average molecular weight is 476 g/mol. The molecular weight excluding hydrogens is 438 g/mol. The molecule has 0 saturated heterocycles. The number of nitrogens with one attached hydrogen (secondary N) is 1. The normalized spacial score (nSPS) is 24.1. The van der Waals surface area contributed by atoms with E-state index in [1.54, 1.807) is 6.08 Å². The van der Waals surface area contributed by atoms with Gasteiger partial charge in [0.25, 0.3) is 0 Å². The van der Waals surface area contributed by atoms with Gasteiger partial charge < -0.3 is 19.7 Å². The molecule has 0 atom stereocenters. The number of nitrogens with zero attached hydrogens (tertiary/aromatic N) is 2. The molecular formula is C29H37N3O3. The summed E-state index contributed by atoms with van der Waals surface area (Å²) in [6.45, 7) is 4.84. The fourth-order valence-electron chi connectivity index (χ4n) is 5.37. The van der Waals surface area contributed by atoms with Crippen molar-refractivity contribution in [1.29, 1.82) is 5.26 Å². The number of fused-ring (bicyclic) bond motifs is 1. The Bertz CT molecular complexity index is 1040. The maximum atomic E-state index is 11.0. The van der Waals surface area contributed by atoms with Crippen LogP contribution in [0.2, 0.25) is 0 Å². The molecule has 4 rings (SSSR count). The van der Waals surface area contributed by atoms with Crippen molar-refractivity contribution < 1.29 is 14.3 Å². The Kier molecular flexibility index (Phi) is 8.30. The smallest absolute Gasteiger partial charge is 0.161 e. The highest BCUT2D eigenvalue weighted by Gasteiger charge is 2.35. The first kappa shape index (κ1) is 25.1. The number of allylic oxidation sites excluding steroid dienone is 6. The average Bonchev–Trinajstić information content (AvgIpc) is 2.91. The molecule has 186 valence electrons. The Morgan fingerprint density at radius 1 is 1.26 bits per heavy atom. The summed E-state index contributed by atoms with van der Waals surface area (Å²) < 4.78 is 11.3. The molecule has 0 unspecified atom stereocenters. The Morgan fingerprint density at radius 2 is 2.03 bits per heavy atom. The topological polar surface area (TPSA) is 74.6 Å². The summed E-state index contributed by atoms with van der Waals surface area (Å²) in [5, 5.41) is 13.8. The van der Waals surface area contributed by atoms with Crippen molar-refractivity contribution in [2.45, 2.75) is 64.5 Å². The van der Waals surface area contributed by atoms with Gasteiger partial charge in [-0.2, -0.15) is 5.26 Å². The van der Waals surface area contributed by atoms with Gasteiger partial charge in [-0.25, -0.2) is 0 Å². The van der Waals surface area contributed by atoms with Crippen molar-refractivity contribution in [2.75, 3.05) is 26.8 Å². The molecule has 1 fully saturated rings. The van der Waals surface area contributed by atoms with Gasteiger partial charge in [0.05, 0.1) is 11.5 Å². The van der Waals surface area contributed by atoms with Crippen molar-refractivity contribution in [3.63, 3.8) is 0 Å². The number of hydrogen-bond donors (Lipinski definition) is 1. The third-order valence-corrected chi connectivity index (χ3v) is 7.65. The first-order valence-corrected chi connectivity index (χ1v) is 12.8. The Morgan fingerprint density at radius 3 is 2.77 bits per heavy atom. The van der Waals surface area contributed by atoms with Gasteiger partial charge in [-0.3, -0.25) is 4.79 Å². The highest BCUT2D eigenvalue weighted by Crippen LogP contribution is 2.40. The zero-order chi connectivity index (χ0) is 24.7. The zero-order valence-electron chi connectivity index (χ0n) is 21.0. The van der Waals surface area contributed by atoms with E-state index in [9.17, 15) is 10.1 Å². The minimum Gasteiger partial charge on any atom is -0.486 e. The van der Waals surface area contributed by atoms with Crippen LogP contribution in [0.4, 0.5) is 0 Å². The van der Waals surface area contributed by atoms with E-state index in [0.29, 0.717) is 19.3 Å². The second-order valence-corrected chi connectivity index (χ2v) is 9.98. The summed E-state index contributed by atoms with van der Waals surface area (Å²) in [5.41, 5.74) is 4.34. The minimum absolute atomic E-state index is 0.262. The van der Waals surface area contributed by atoms with Crippen LogP contribution in [0.25, 0.3) is 0 Å². The van der Waals surface area contributed by atoms with E-state index in [1.165, 1.54) is 11.3 Å². The number of rotatable bonds is 9. The fraction of sp³-hybridized carbons (Fsp3) is 0.517. The first-order chi connectivity index (χ1) is 17.0. The lowest BCUT2D eigenvalue weighted by Crippen LogP contribution is -2.38. The van der Waals surface area contributed by atoms with E-state index in [2.05, 4.69) is 47.6 Å². The second-order valence-electron chi connectivity index (χ2n) is 9.98. The number of hydrogen-bond acceptors (Lipinski definition) is 6. The van der Waals surface area contributed by atoms with E-state index < -0.39 is 0 Å². The minimum atomic E-state index is -0.262. The van der Waals surface area contributed by atoms with Gasteiger partial charge in [0, 0.05) is 31.9 Å². The van der Waals surface area contributed by atoms with Crippen LogP contribution in [0, 0.1) is 16.7 Å². The molecule has 6 nitrogen and oxygen atoms in total. The number of benzene rings is 1. The first-order valence-electron chi connectivity index (χ1n) is 12.8. The van der Waals surface area contributed by atoms with Gasteiger partial charge in [0.15, 0.2) is 11.5 Å². The van der Waals surface area contributed by atoms with Gasteiger partial charge >= 0.3 is 0 Å². The van der Waals surface area contributed by atoms with Crippen molar-refractivity contribution in [2.24, 2.45) is 5.41 Å². The lowest BCUT2D eigenvalue weighted by atomic mass is 9.71. The Balaban J connectivity index is 1.29. The summed E-state index contributed by atoms with van der Waals surface area (Å²) in [6, 6.07) is 9.26. The SMILES string of the molecule is C/C(=C/C=O)C1=C(N(C)CCC2(C#N)CCC(NCc3ccc4c(c3)OCCO4)CC2)CCC=C1. The van der Waals surface area contributed by atoms with E-state index in [-0.39, 0.29) is 5.41 Å². The largest absolute Gasteiger partial charge is 0.486 e. The summed E-state index contributed by atoms with van der Waals surface area (Å²) in [4.78, 5) is 13.3. The number of nitriles is 1. The zero-order valence-corrected chi connectivity index (χ0v) is 21.0. The van der Waals surface area contributed by atoms with E-state index in [4.69, 9.17) is 9.47 Å². The van der Waals surface area contributed by atoms with Crippen LogP contribution in [-0.4, -0.2) is 44.0 Å². The van der Waals surface area contributed by atoms with Crippen molar-refractivity contribution in [3.8, 4) is 17.6 Å². The van der Waals surface area contributed by atoms with Crippen molar-refractivity contribution in [3.05, 3.63) is 58.8 Å². The molecule has 35 heavy (non-hydrogen) atoms. The Labute approximate surface area is 209 Å². The van der Waals surface area contributed by atoms with Gasteiger partial charge in [0.2, 0.25) is 0 Å². The molecule has 1 aliphatic heterocycles. The van der Waals surface area contributed by atoms with Crippen molar-refractivity contribution >= 4 is 6.29 Å². The molecule has 0 aromatic heterocycles. The molecule has 0 radical (unpaired) electrons. The van der Waals surface area contributed by atoms with Gasteiger partial charge in [-0.1, -0.05) is 18.2 Å². The van der Waals surface area contributed by atoms with Gasteiger partial charge in [-0.15, -0.1) is 0 Å². The standard InChI is InChI=1S/C29H37N3O3/c1-22(11-16-33)25-5-3-4-6-26(25)32(2)15-14-29(21-30)12-9-24(10-13-29)31-20-23-7-8-27-28(19-23)35-18-17-34-27/h3,5,7-8,11,16,19,24,31H,4,6,9-10,12-15,17-18,20H2,1-2H3/b22-11-. The summed E-state index contributed by atoms with van der Waals surface area (Å²) in [6.07, 6.45) is 13.5. The third kappa shape index (κ3) is 6.15. The number of aldehydes is 1. The molecule has 0 bridgehead atoms. The molecule has 1 aromatic carbocycles. The van der Waals surface area contributed by atoms with E-state index >= 15 is 0 Å². The van der Waals surface area contributed by atoms with Crippen LogP contribution >= 0.6 is 0 Å². The maximum Gasteiger partial charge on any atom is 0.161 e. The van der Waals surface area contributed by atoms with Gasteiger partial charge in [0.1, 0.15) is 19.5 Å². The monoisotopic (exact) mass is 475 g/mol. The molecule has 2 aliphatic carbocycles. The number of carbonyl (C=O) groups excluding carboxylic acids is 1. The number of ether oxygens (including phenoxy) is 2. The van der Waals surface area contributed by atoms with Crippen LogP contribution in [0.15, 0.2) is 53.3 Å². The number of carbonyl (C=O) groups is 1. The van der Waals surface area contributed by atoms with Gasteiger partial charge in [-0.05, 0) is 86.8 Å². The molecule has 0 amide bonds. The van der Waals surface area contributed by atoms with E-state index in [1.807, 2.05) is 13.0 Å². The second kappa shape index (κ2) is 11.6. The summed E-state index contributed by atoms with van der Waals surface area (Å²) >= 11 is 0. The Hall–Kier alpha value is -3.04. The molecule has 1 saturated carbocycles. The molecule has 6 heteroatoms. The molecule has 1 heterocycles. The predicted octanol–water partition coefficient (Wildman–Crippen LogP) is 5.07. The quantitative estimate of drug-likeness (QED) is 0.397. The van der Waals surface area contributed by atoms with E-state index in [0.717, 1.165) is 87.0 Å². The lowest BCUT2D eigenvalue weighted by molar-refractivity contribution is -0.104. The lowest BCUT2D eigenvalue weighted by Gasteiger charge is -2.37. The van der Waals surface area contributed by atoms with Crippen molar-refractivity contribution in [1.82, 2.24) is 10.2 Å². The van der Waals surface area contributed by atoms with Crippen LogP contribution < -0.4 is 14.8 Å². The third-order valence-electron chi connectivity index (χ3n) is 7.65. The highest BCUT2D eigenvalue weighted by atomic mass is 16.6. The van der Waals surface area contributed by atoms with Crippen LogP contribution in [-0.2, 0) is 11.3 Å². The highest BCUT2D eigenvalue weighted by molar-refractivity contribution is 5.69. The maximum absolute atomic E-state index is 11.0. The van der Waals surface area contributed by atoms with Crippen LogP contribution in [0.1, 0.15) is 57.4 Å². The fourth-order valence-corrected chi connectivity index (χ4v) is 5.37. The van der Waals surface area contributed by atoms with Crippen LogP contribution in [0.3, 0.4) is 0 Å². The summed E-state index contributed by atoms with van der Waals surface area (Å²) in [5.74, 6) is 1.65.